The largest absolute Gasteiger partial charge is 0.484 e. The first kappa shape index (κ1) is 15.9. The average molecular weight is 352 g/mol. The highest BCUT2D eigenvalue weighted by Gasteiger charge is 2.25. The molecule has 0 aromatic heterocycles. The van der Waals surface area contributed by atoms with Crippen LogP contribution in [0.5, 0.6) is 5.75 Å². The molecule has 0 saturated heterocycles. The van der Waals surface area contributed by atoms with Crippen LogP contribution in [0.25, 0.3) is 11.1 Å². The smallest absolute Gasteiger partial charge is 0.151 e. The molecule has 1 heterocycles. The van der Waals surface area contributed by atoms with Crippen LogP contribution in [0.2, 0.25) is 10.0 Å². The Kier molecular flexibility index (Phi) is 4.31. The van der Waals surface area contributed by atoms with Gasteiger partial charge in [0.15, 0.2) is 5.75 Å². The van der Waals surface area contributed by atoms with Crippen molar-refractivity contribution in [1.29, 1.82) is 5.26 Å². The van der Waals surface area contributed by atoms with Gasteiger partial charge in [0.05, 0.1) is 33.9 Å². The van der Waals surface area contributed by atoms with Gasteiger partial charge in [0.2, 0.25) is 0 Å². The lowest BCUT2D eigenvalue weighted by Crippen LogP contribution is -2.37. The molecule has 1 unspecified atom stereocenters. The number of hydrogen-bond acceptors (Lipinski definition) is 4. The van der Waals surface area contributed by atoms with Crippen LogP contribution in [0.1, 0.15) is 5.56 Å². The fraction of sp³-hybridized carbons (Fsp3) is 0.188. The number of rotatable bonds is 2. The van der Waals surface area contributed by atoms with Gasteiger partial charge in [-0.3, -0.25) is 0 Å². The Morgan fingerprint density at radius 1 is 1.30 bits per heavy atom. The molecule has 0 aliphatic carbocycles. The first-order chi connectivity index (χ1) is 11.0. The van der Waals surface area contributed by atoms with E-state index >= 15 is 0 Å². The van der Waals surface area contributed by atoms with Crippen molar-refractivity contribution in [2.75, 3.05) is 18.4 Å². The molecule has 2 aromatic rings. The van der Waals surface area contributed by atoms with Crippen LogP contribution < -0.4 is 15.8 Å². The van der Waals surface area contributed by atoms with Gasteiger partial charge in [-0.1, -0.05) is 23.2 Å². The Hall–Kier alpha value is -2.00. The van der Waals surface area contributed by atoms with Crippen molar-refractivity contribution in [2.45, 2.75) is 6.10 Å². The van der Waals surface area contributed by atoms with Crippen LogP contribution in [0, 0.1) is 17.1 Å². The van der Waals surface area contributed by atoms with Crippen LogP contribution in [0.4, 0.5) is 10.1 Å². The second-order valence-corrected chi connectivity index (χ2v) is 5.93. The van der Waals surface area contributed by atoms with E-state index in [1.54, 1.807) is 0 Å². The summed E-state index contributed by atoms with van der Waals surface area (Å²) in [6, 6.07) is 7.59. The van der Waals surface area contributed by atoms with Crippen molar-refractivity contribution >= 4 is 28.9 Å². The number of hydrogen-bond donors (Lipinski definition) is 2. The van der Waals surface area contributed by atoms with Gasteiger partial charge in [-0.25, -0.2) is 4.39 Å². The van der Waals surface area contributed by atoms with Crippen LogP contribution in [0.3, 0.4) is 0 Å². The quantitative estimate of drug-likeness (QED) is 0.862. The lowest BCUT2D eigenvalue weighted by Gasteiger charge is -2.28. The third kappa shape index (κ3) is 2.93. The minimum Gasteiger partial charge on any atom is -0.484 e. The van der Waals surface area contributed by atoms with Gasteiger partial charge < -0.3 is 15.8 Å². The number of anilines is 1. The summed E-state index contributed by atoms with van der Waals surface area (Å²) in [4.78, 5) is 0. The van der Waals surface area contributed by atoms with Crippen molar-refractivity contribution in [2.24, 2.45) is 5.73 Å². The monoisotopic (exact) mass is 351 g/mol. The zero-order valence-electron chi connectivity index (χ0n) is 11.9. The van der Waals surface area contributed by atoms with Gasteiger partial charge >= 0.3 is 0 Å². The molecule has 23 heavy (non-hydrogen) atoms. The highest BCUT2D eigenvalue weighted by molar-refractivity contribution is 6.39. The summed E-state index contributed by atoms with van der Waals surface area (Å²) in [5.41, 5.74) is 7.33. The van der Waals surface area contributed by atoms with E-state index in [-0.39, 0.29) is 16.1 Å². The summed E-state index contributed by atoms with van der Waals surface area (Å²) in [6.45, 7) is 0.805. The van der Waals surface area contributed by atoms with E-state index in [1.165, 1.54) is 24.3 Å². The molecule has 0 fully saturated rings. The van der Waals surface area contributed by atoms with Crippen LogP contribution >= 0.6 is 23.2 Å². The molecule has 3 N–H and O–H groups in total. The minimum absolute atomic E-state index is 0.234. The van der Waals surface area contributed by atoms with E-state index in [2.05, 4.69) is 5.32 Å². The summed E-state index contributed by atoms with van der Waals surface area (Å²) in [5, 5.41) is 12.6. The van der Waals surface area contributed by atoms with Crippen molar-refractivity contribution in [3.8, 4) is 22.9 Å². The van der Waals surface area contributed by atoms with E-state index in [1.807, 2.05) is 6.07 Å². The lowest BCUT2D eigenvalue weighted by molar-refractivity contribution is 0.215. The Labute approximate surface area is 142 Å². The molecule has 1 atom stereocenters. The lowest BCUT2D eigenvalue weighted by atomic mass is 10.0. The molecule has 0 spiro atoms. The standard InChI is InChI=1S/C16H12Cl2FN3O/c17-12-1-8(5-20)2-13(18)15(12)11-3-9(19)4-14-16(11)23-10(6-21)7-22-14/h1-4,10,22H,6-7,21H2. The Morgan fingerprint density at radius 3 is 2.61 bits per heavy atom. The first-order valence-corrected chi connectivity index (χ1v) is 7.62. The number of benzene rings is 2. The predicted octanol–water partition coefficient (Wildman–Crippen LogP) is 3.80. The molecule has 2 aromatic carbocycles. The van der Waals surface area contributed by atoms with Crippen LogP contribution in [-0.4, -0.2) is 19.2 Å². The second kappa shape index (κ2) is 6.25. The van der Waals surface area contributed by atoms with Crippen LogP contribution in [0.15, 0.2) is 24.3 Å². The molecule has 7 heteroatoms. The normalized spacial score (nSPS) is 16.0. The molecular weight excluding hydrogens is 340 g/mol. The molecule has 0 saturated carbocycles. The topological polar surface area (TPSA) is 71.1 Å². The van der Waals surface area contributed by atoms with Gasteiger partial charge in [-0.05, 0) is 18.2 Å². The molecule has 118 valence electrons. The van der Waals surface area contributed by atoms with Crippen molar-refractivity contribution in [3.05, 3.63) is 45.7 Å². The number of fused-ring (bicyclic) bond motifs is 1. The van der Waals surface area contributed by atoms with Crippen molar-refractivity contribution in [3.63, 3.8) is 0 Å². The molecular formula is C16H12Cl2FN3O. The molecule has 4 nitrogen and oxygen atoms in total. The van der Waals surface area contributed by atoms with Gasteiger partial charge in [-0.2, -0.15) is 5.26 Å². The Balaban J connectivity index is 2.22. The predicted molar refractivity (Wildman–Crippen MR) is 88.5 cm³/mol. The third-order valence-electron chi connectivity index (χ3n) is 3.56. The highest BCUT2D eigenvalue weighted by Crippen LogP contribution is 2.45. The number of nitriles is 1. The average Bonchev–Trinajstić information content (AvgIpc) is 2.53. The zero-order chi connectivity index (χ0) is 16.6. The molecule has 0 amide bonds. The SMILES string of the molecule is N#Cc1cc(Cl)c(-c2cc(F)cc3c2OC(CN)CN3)c(Cl)c1. The number of ether oxygens (including phenoxy) is 1. The number of nitrogens with zero attached hydrogens (tertiary/aromatic N) is 1. The molecule has 1 aliphatic rings. The fourth-order valence-electron chi connectivity index (χ4n) is 2.50. The number of nitrogens with two attached hydrogens (primary N) is 1. The summed E-state index contributed by atoms with van der Waals surface area (Å²) in [6.07, 6.45) is -0.234. The summed E-state index contributed by atoms with van der Waals surface area (Å²) in [7, 11) is 0. The van der Waals surface area contributed by atoms with Gasteiger partial charge in [0.25, 0.3) is 0 Å². The Bertz CT molecular complexity index is 797. The van der Waals surface area contributed by atoms with E-state index in [0.717, 1.165) is 0 Å². The van der Waals surface area contributed by atoms with E-state index in [9.17, 15) is 4.39 Å². The van der Waals surface area contributed by atoms with Crippen LogP contribution in [-0.2, 0) is 0 Å². The maximum atomic E-state index is 14.0. The second-order valence-electron chi connectivity index (χ2n) is 5.11. The summed E-state index contributed by atoms with van der Waals surface area (Å²) < 4.78 is 19.8. The van der Waals surface area contributed by atoms with E-state index < -0.39 is 5.82 Å². The van der Waals surface area contributed by atoms with Crippen molar-refractivity contribution in [1.82, 2.24) is 0 Å². The minimum atomic E-state index is -0.447. The Morgan fingerprint density at radius 2 is 2.00 bits per heavy atom. The third-order valence-corrected chi connectivity index (χ3v) is 4.16. The number of nitrogens with one attached hydrogen (secondary N) is 1. The van der Waals surface area contributed by atoms with Gasteiger partial charge in [-0.15, -0.1) is 0 Å². The summed E-state index contributed by atoms with van der Waals surface area (Å²) in [5.74, 6) is -0.000788. The molecule has 1 aliphatic heterocycles. The molecule has 3 rings (SSSR count). The maximum Gasteiger partial charge on any atom is 0.151 e. The van der Waals surface area contributed by atoms with Crippen molar-refractivity contribution < 1.29 is 9.13 Å². The van der Waals surface area contributed by atoms with E-state index in [0.29, 0.717) is 41.2 Å². The van der Waals surface area contributed by atoms with E-state index in [4.69, 9.17) is 38.9 Å². The number of halogens is 3. The van der Waals surface area contributed by atoms with Gasteiger partial charge in [0, 0.05) is 23.7 Å². The molecule has 0 bridgehead atoms. The molecule has 0 radical (unpaired) electrons. The fourth-order valence-corrected chi connectivity index (χ4v) is 3.19. The first-order valence-electron chi connectivity index (χ1n) is 6.87. The summed E-state index contributed by atoms with van der Waals surface area (Å²) >= 11 is 12.5. The van der Waals surface area contributed by atoms with Gasteiger partial charge in [0.1, 0.15) is 11.9 Å². The zero-order valence-corrected chi connectivity index (χ0v) is 13.4. The highest BCUT2D eigenvalue weighted by atomic mass is 35.5. The maximum absolute atomic E-state index is 14.0.